The fraction of sp³-hybridized carbons (Fsp3) is 0.486. The number of aromatic amines is 1. The van der Waals surface area contributed by atoms with E-state index in [1.165, 1.54) is 6.33 Å². The average Bonchev–Trinajstić information content (AvgIpc) is 3.57. The van der Waals surface area contributed by atoms with Gasteiger partial charge in [-0.3, -0.25) is 14.4 Å². The summed E-state index contributed by atoms with van der Waals surface area (Å²) in [6, 6.07) is 15.3. The van der Waals surface area contributed by atoms with Gasteiger partial charge in [0.05, 0.1) is 24.9 Å². The Labute approximate surface area is 288 Å². The van der Waals surface area contributed by atoms with E-state index in [1.807, 2.05) is 36.4 Å². The standard InChI is InChI=1S/C37H50N6O6/c1-37(2,3)49-36(48)43-30(20-26-15-9-5-10-16-26)34(46)42-31(21-28-23-38-24-39-28)35(47)41-29(19-25-13-7-4-8-14-25)32(44)22-33(45)40-27-17-11-6-12-18-27/h5-6,9-12,15-18,23-25,29-32,44H,4,7-8,13-14,19-22H2,1-3H3,(H,38,39)(H,40,45)(H,41,47)(H,42,46)(H,43,48)/t29-,30-,31-,32-/m0/s1. The summed E-state index contributed by atoms with van der Waals surface area (Å²) in [4.78, 5) is 60.6. The van der Waals surface area contributed by atoms with Crippen LogP contribution in [0.15, 0.2) is 73.2 Å². The summed E-state index contributed by atoms with van der Waals surface area (Å²) in [5.74, 6) is -1.20. The van der Waals surface area contributed by atoms with Gasteiger partial charge in [0, 0.05) is 30.4 Å². The minimum absolute atomic E-state index is 0.0722. The molecule has 1 aliphatic rings. The number of ether oxygens (including phenoxy) is 1. The maximum absolute atomic E-state index is 14.0. The number of nitrogens with zero attached hydrogens (tertiary/aromatic N) is 1. The Bertz CT molecular complexity index is 1470. The van der Waals surface area contributed by atoms with Crippen LogP contribution >= 0.6 is 0 Å². The van der Waals surface area contributed by atoms with Gasteiger partial charge in [-0.15, -0.1) is 0 Å². The third-order valence-corrected chi connectivity index (χ3v) is 8.46. The first-order chi connectivity index (χ1) is 23.4. The van der Waals surface area contributed by atoms with Crippen molar-refractivity contribution in [3.05, 3.63) is 84.4 Å². The summed E-state index contributed by atoms with van der Waals surface area (Å²) in [6.45, 7) is 5.19. The van der Waals surface area contributed by atoms with Crippen LogP contribution in [0.5, 0.6) is 0 Å². The van der Waals surface area contributed by atoms with Gasteiger partial charge in [-0.05, 0) is 50.8 Å². The number of aliphatic hydroxyl groups is 1. The first-order valence-corrected chi connectivity index (χ1v) is 17.1. The normalized spacial score (nSPS) is 16.0. The van der Waals surface area contributed by atoms with Gasteiger partial charge in [0.15, 0.2) is 0 Å². The number of carbonyl (C=O) groups excluding carboxylic acids is 4. The second-order valence-electron chi connectivity index (χ2n) is 13.8. The molecule has 0 saturated heterocycles. The molecular formula is C37H50N6O6. The molecule has 1 saturated carbocycles. The van der Waals surface area contributed by atoms with E-state index >= 15 is 0 Å². The Morgan fingerprint density at radius 2 is 1.51 bits per heavy atom. The number of hydrogen-bond donors (Lipinski definition) is 6. The molecule has 1 aromatic heterocycles. The van der Waals surface area contributed by atoms with Crippen molar-refractivity contribution in [3.63, 3.8) is 0 Å². The maximum atomic E-state index is 14.0. The van der Waals surface area contributed by atoms with Crippen molar-refractivity contribution in [2.24, 2.45) is 5.92 Å². The zero-order chi connectivity index (χ0) is 35.2. The van der Waals surface area contributed by atoms with E-state index in [4.69, 9.17) is 4.74 Å². The lowest BCUT2D eigenvalue weighted by molar-refractivity contribution is -0.131. The minimum atomic E-state index is -1.17. The van der Waals surface area contributed by atoms with Crippen LogP contribution in [0.3, 0.4) is 0 Å². The second-order valence-corrected chi connectivity index (χ2v) is 13.8. The third kappa shape index (κ3) is 13.0. The van der Waals surface area contributed by atoms with Gasteiger partial charge in [0.2, 0.25) is 17.7 Å². The number of aromatic nitrogens is 2. The number of H-pyrrole nitrogens is 1. The van der Waals surface area contributed by atoms with Crippen LogP contribution in [0.4, 0.5) is 10.5 Å². The van der Waals surface area contributed by atoms with Crippen molar-refractivity contribution >= 4 is 29.5 Å². The summed E-state index contributed by atoms with van der Waals surface area (Å²) in [6.07, 6.45) is 6.86. The van der Waals surface area contributed by atoms with Crippen molar-refractivity contribution in [2.45, 2.75) is 108 Å². The average molecular weight is 675 g/mol. The number of para-hydroxylation sites is 1. The highest BCUT2D eigenvalue weighted by molar-refractivity contribution is 5.92. The molecule has 1 heterocycles. The summed E-state index contributed by atoms with van der Waals surface area (Å²) >= 11 is 0. The number of carbonyl (C=O) groups is 4. The quantitative estimate of drug-likeness (QED) is 0.138. The van der Waals surface area contributed by atoms with Gasteiger partial charge in [0.1, 0.15) is 17.7 Å². The summed E-state index contributed by atoms with van der Waals surface area (Å²) in [7, 11) is 0. The van der Waals surface area contributed by atoms with E-state index in [2.05, 4.69) is 31.2 Å². The summed E-state index contributed by atoms with van der Waals surface area (Å²) in [5, 5.41) is 22.6. The smallest absolute Gasteiger partial charge is 0.408 e. The molecule has 4 rings (SSSR count). The first-order valence-electron chi connectivity index (χ1n) is 17.1. The molecule has 264 valence electrons. The first kappa shape index (κ1) is 37.1. The van der Waals surface area contributed by atoms with Crippen LogP contribution in [0, 0.1) is 5.92 Å². The van der Waals surface area contributed by atoms with Gasteiger partial charge in [-0.25, -0.2) is 9.78 Å². The van der Waals surface area contributed by atoms with E-state index < -0.39 is 47.7 Å². The van der Waals surface area contributed by atoms with E-state index in [0.717, 1.165) is 37.7 Å². The van der Waals surface area contributed by atoms with Crippen LogP contribution in [-0.2, 0) is 32.0 Å². The number of anilines is 1. The van der Waals surface area contributed by atoms with Crippen molar-refractivity contribution in [1.29, 1.82) is 0 Å². The van der Waals surface area contributed by atoms with Crippen LogP contribution in [0.2, 0.25) is 0 Å². The number of imidazole rings is 1. The maximum Gasteiger partial charge on any atom is 0.408 e. The molecule has 0 spiro atoms. The van der Waals surface area contributed by atoms with Gasteiger partial charge in [0.25, 0.3) is 0 Å². The number of amides is 4. The minimum Gasteiger partial charge on any atom is -0.444 e. The van der Waals surface area contributed by atoms with Crippen molar-refractivity contribution < 1.29 is 29.0 Å². The van der Waals surface area contributed by atoms with E-state index in [1.54, 1.807) is 51.2 Å². The monoisotopic (exact) mass is 674 g/mol. The molecule has 0 bridgehead atoms. The zero-order valence-corrected chi connectivity index (χ0v) is 28.6. The van der Waals surface area contributed by atoms with Crippen LogP contribution in [0.25, 0.3) is 0 Å². The van der Waals surface area contributed by atoms with Crippen LogP contribution in [-0.4, -0.2) is 68.7 Å². The number of nitrogens with one attached hydrogen (secondary N) is 5. The van der Waals surface area contributed by atoms with Crippen molar-refractivity contribution in [1.82, 2.24) is 25.9 Å². The summed E-state index contributed by atoms with van der Waals surface area (Å²) in [5.41, 5.74) is 1.23. The molecule has 3 aromatic rings. The van der Waals surface area contributed by atoms with Gasteiger partial charge < -0.3 is 36.1 Å². The van der Waals surface area contributed by atoms with E-state index in [-0.39, 0.29) is 31.1 Å². The number of aliphatic hydroxyl groups excluding tert-OH is 1. The Hall–Kier alpha value is -4.71. The number of hydrogen-bond acceptors (Lipinski definition) is 7. The number of rotatable bonds is 15. The molecule has 2 aromatic carbocycles. The largest absolute Gasteiger partial charge is 0.444 e. The highest BCUT2D eigenvalue weighted by atomic mass is 16.6. The van der Waals surface area contributed by atoms with Gasteiger partial charge >= 0.3 is 6.09 Å². The van der Waals surface area contributed by atoms with Crippen LogP contribution in [0.1, 0.15) is 77.0 Å². The van der Waals surface area contributed by atoms with E-state index in [9.17, 15) is 24.3 Å². The van der Waals surface area contributed by atoms with Crippen LogP contribution < -0.4 is 21.3 Å². The molecule has 6 N–H and O–H groups in total. The Kier molecular flexibility index (Phi) is 13.8. The molecule has 12 heteroatoms. The van der Waals surface area contributed by atoms with Gasteiger partial charge in [-0.2, -0.15) is 0 Å². The topological polar surface area (TPSA) is 175 Å². The lowest BCUT2D eigenvalue weighted by Gasteiger charge is -2.31. The van der Waals surface area contributed by atoms with Crippen molar-refractivity contribution in [3.8, 4) is 0 Å². The Morgan fingerprint density at radius 1 is 0.878 bits per heavy atom. The molecule has 1 fully saturated rings. The molecule has 0 unspecified atom stereocenters. The second kappa shape index (κ2) is 18.2. The third-order valence-electron chi connectivity index (χ3n) is 8.46. The molecule has 0 radical (unpaired) electrons. The SMILES string of the molecule is CC(C)(C)OC(=O)N[C@@H](Cc1ccccc1)C(=O)N[C@@H](Cc1cnc[nH]1)C(=O)N[C@@H](CC1CCCCC1)[C@@H](O)CC(=O)Nc1ccccc1. The zero-order valence-electron chi connectivity index (χ0n) is 28.6. The highest BCUT2D eigenvalue weighted by Crippen LogP contribution is 2.28. The Morgan fingerprint density at radius 3 is 2.14 bits per heavy atom. The predicted molar refractivity (Wildman–Crippen MR) is 186 cm³/mol. The molecule has 4 atom stereocenters. The fourth-order valence-electron chi connectivity index (χ4n) is 6.05. The predicted octanol–water partition coefficient (Wildman–Crippen LogP) is 4.42. The number of benzene rings is 2. The molecule has 1 aliphatic carbocycles. The highest BCUT2D eigenvalue weighted by Gasteiger charge is 2.33. The summed E-state index contributed by atoms with van der Waals surface area (Å²) < 4.78 is 5.43. The molecular weight excluding hydrogens is 624 g/mol. The number of alkyl carbamates (subject to hydrolysis) is 1. The molecule has 49 heavy (non-hydrogen) atoms. The molecule has 4 amide bonds. The van der Waals surface area contributed by atoms with Gasteiger partial charge in [-0.1, -0.05) is 80.6 Å². The lowest BCUT2D eigenvalue weighted by Crippen LogP contribution is -2.57. The molecule has 0 aliphatic heterocycles. The Balaban J connectivity index is 1.52. The van der Waals surface area contributed by atoms with E-state index in [0.29, 0.717) is 17.8 Å². The fourth-order valence-corrected chi connectivity index (χ4v) is 6.05. The molecule has 12 nitrogen and oxygen atoms in total. The van der Waals surface area contributed by atoms with Crippen molar-refractivity contribution in [2.75, 3.05) is 5.32 Å². The lowest BCUT2D eigenvalue weighted by atomic mass is 9.83.